The van der Waals surface area contributed by atoms with Gasteiger partial charge in [0.05, 0.1) is 13.2 Å². The second-order valence-electron chi connectivity index (χ2n) is 3.97. The van der Waals surface area contributed by atoms with Crippen molar-refractivity contribution in [3.63, 3.8) is 0 Å². The maximum atomic E-state index is 6.05. The summed E-state index contributed by atoms with van der Waals surface area (Å²) >= 11 is 0. The van der Waals surface area contributed by atoms with Crippen molar-refractivity contribution in [1.82, 2.24) is 20.2 Å². The van der Waals surface area contributed by atoms with Crippen molar-refractivity contribution < 1.29 is 4.74 Å². The molecule has 2 N–H and O–H groups in total. The van der Waals surface area contributed by atoms with Crippen molar-refractivity contribution in [1.29, 1.82) is 0 Å². The summed E-state index contributed by atoms with van der Waals surface area (Å²) in [7, 11) is 1.75. The highest BCUT2D eigenvalue weighted by Gasteiger charge is 2.22. The number of nitrogens with two attached hydrogens (primary N) is 1. The Balaban J connectivity index is 1.88. The largest absolute Gasteiger partial charge is 0.377 e. The summed E-state index contributed by atoms with van der Waals surface area (Å²) in [6.45, 7) is 0.826. The van der Waals surface area contributed by atoms with Gasteiger partial charge in [0, 0.05) is 19.1 Å². The van der Waals surface area contributed by atoms with E-state index in [2.05, 4.69) is 15.4 Å². The maximum Gasteiger partial charge on any atom is 0.176 e. The molecule has 2 atom stereocenters. The van der Waals surface area contributed by atoms with Gasteiger partial charge in [-0.25, -0.2) is 0 Å². The third-order valence-electron chi connectivity index (χ3n) is 2.66. The normalized spacial score (nSPS) is 24.0. The Morgan fingerprint density at radius 3 is 3.07 bits per heavy atom. The fourth-order valence-corrected chi connectivity index (χ4v) is 1.85. The fraction of sp³-hybridized carbons (Fsp3) is 0.889. The molecule has 1 aliphatic rings. The van der Waals surface area contributed by atoms with E-state index in [1.807, 2.05) is 0 Å². The topological polar surface area (TPSA) is 78.9 Å². The lowest BCUT2D eigenvalue weighted by atomic mass is 10.0. The molecule has 15 heavy (non-hydrogen) atoms. The number of nitrogens with zero attached hydrogens (tertiary/aromatic N) is 4. The van der Waals surface area contributed by atoms with Gasteiger partial charge in [0.15, 0.2) is 5.82 Å². The molecule has 0 spiro atoms. The smallest absolute Gasteiger partial charge is 0.176 e. The van der Waals surface area contributed by atoms with Crippen molar-refractivity contribution in [2.24, 2.45) is 12.8 Å². The highest BCUT2D eigenvalue weighted by molar-refractivity contribution is 4.87. The average Bonchev–Trinajstić information content (AvgIpc) is 2.65. The molecule has 84 valence electrons. The number of rotatable bonds is 3. The molecule has 1 fully saturated rings. The van der Waals surface area contributed by atoms with E-state index in [4.69, 9.17) is 10.5 Å². The van der Waals surface area contributed by atoms with E-state index in [0.717, 1.165) is 19.4 Å². The minimum absolute atomic E-state index is 0.0190. The van der Waals surface area contributed by atoms with Crippen LogP contribution < -0.4 is 5.73 Å². The van der Waals surface area contributed by atoms with Gasteiger partial charge in [-0.2, -0.15) is 4.80 Å². The van der Waals surface area contributed by atoms with E-state index in [1.54, 1.807) is 7.05 Å². The van der Waals surface area contributed by atoms with Crippen molar-refractivity contribution in [2.45, 2.75) is 37.8 Å². The monoisotopic (exact) mass is 211 g/mol. The lowest BCUT2D eigenvalue weighted by molar-refractivity contribution is 0.000279. The van der Waals surface area contributed by atoms with E-state index >= 15 is 0 Å². The summed E-state index contributed by atoms with van der Waals surface area (Å²) in [6.07, 6.45) is 4.18. The van der Waals surface area contributed by atoms with Crippen LogP contribution >= 0.6 is 0 Å². The highest BCUT2D eigenvalue weighted by Crippen LogP contribution is 2.16. The Hall–Kier alpha value is -1.01. The van der Waals surface area contributed by atoms with E-state index in [9.17, 15) is 0 Å². The molecule has 0 radical (unpaired) electrons. The van der Waals surface area contributed by atoms with Gasteiger partial charge in [0.2, 0.25) is 0 Å². The Morgan fingerprint density at radius 1 is 1.60 bits per heavy atom. The van der Waals surface area contributed by atoms with Crippen LogP contribution in [0, 0.1) is 0 Å². The van der Waals surface area contributed by atoms with E-state index in [-0.39, 0.29) is 12.1 Å². The molecular formula is C9H17N5O. The number of ether oxygens (including phenoxy) is 1. The molecule has 0 saturated carbocycles. The molecule has 1 saturated heterocycles. The number of tetrazole rings is 1. The zero-order valence-corrected chi connectivity index (χ0v) is 8.96. The van der Waals surface area contributed by atoms with E-state index < -0.39 is 0 Å². The predicted octanol–water partition coefficient (Wildman–Crippen LogP) is -0.351. The summed E-state index contributed by atoms with van der Waals surface area (Å²) in [5.41, 5.74) is 6.05. The van der Waals surface area contributed by atoms with E-state index in [1.165, 1.54) is 11.2 Å². The van der Waals surface area contributed by atoms with Crippen LogP contribution in [0.1, 0.15) is 25.1 Å². The Kier molecular flexibility index (Phi) is 3.27. The van der Waals surface area contributed by atoms with Gasteiger partial charge >= 0.3 is 0 Å². The third kappa shape index (κ3) is 2.73. The summed E-state index contributed by atoms with van der Waals surface area (Å²) in [6, 6.07) is -0.0190. The molecule has 2 unspecified atom stereocenters. The molecule has 6 nitrogen and oxygen atoms in total. The predicted molar refractivity (Wildman–Crippen MR) is 54.1 cm³/mol. The van der Waals surface area contributed by atoms with Crippen LogP contribution in [0.15, 0.2) is 0 Å². The number of aromatic nitrogens is 4. The van der Waals surface area contributed by atoms with Crippen molar-refractivity contribution in [3.05, 3.63) is 5.82 Å². The lowest BCUT2D eigenvalue weighted by Gasteiger charge is -2.27. The first-order valence-corrected chi connectivity index (χ1v) is 5.36. The maximum absolute atomic E-state index is 6.05. The van der Waals surface area contributed by atoms with Gasteiger partial charge in [-0.05, 0) is 24.5 Å². The molecular weight excluding hydrogens is 194 g/mol. The lowest BCUT2D eigenvalue weighted by Crippen LogP contribution is -2.40. The molecule has 0 amide bonds. The molecule has 0 aromatic carbocycles. The van der Waals surface area contributed by atoms with Crippen molar-refractivity contribution in [2.75, 3.05) is 6.61 Å². The molecule has 0 aliphatic carbocycles. The second-order valence-corrected chi connectivity index (χ2v) is 3.97. The molecule has 6 heteroatoms. The summed E-state index contributed by atoms with van der Waals surface area (Å²) < 4.78 is 5.61. The van der Waals surface area contributed by atoms with Crippen LogP contribution in [0.3, 0.4) is 0 Å². The molecule has 1 aromatic heterocycles. The number of aryl methyl sites for hydroxylation is 1. The first-order chi connectivity index (χ1) is 7.25. The van der Waals surface area contributed by atoms with Gasteiger partial charge in [-0.15, -0.1) is 10.2 Å². The van der Waals surface area contributed by atoms with Crippen LogP contribution in [-0.4, -0.2) is 39.0 Å². The molecule has 2 rings (SSSR count). The molecule has 1 aromatic rings. The molecule has 0 bridgehead atoms. The fourth-order valence-electron chi connectivity index (χ4n) is 1.85. The first kappa shape index (κ1) is 10.5. The van der Waals surface area contributed by atoms with Gasteiger partial charge in [0.25, 0.3) is 0 Å². The third-order valence-corrected chi connectivity index (χ3v) is 2.66. The second kappa shape index (κ2) is 4.67. The number of hydrogen-bond donors (Lipinski definition) is 1. The van der Waals surface area contributed by atoms with Crippen LogP contribution in [0.4, 0.5) is 0 Å². The zero-order valence-electron chi connectivity index (χ0n) is 8.96. The standard InChI is InChI=1S/C9H17N5O/c1-14-12-9(11-13-14)6-7(10)8-4-2-3-5-15-8/h7-8H,2-6,10H2,1H3. The molecule has 2 heterocycles. The SMILES string of the molecule is Cn1nnc(CC(N)C2CCCCO2)n1. The van der Waals surface area contributed by atoms with Crippen LogP contribution in [0.2, 0.25) is 0 Å². The quantitative estimate of drug-likeness (QED) is 0.739. The first-order valence-electron chi connectivity index (χ1n) is 5.36. The summed E-state index contributed by atoms with van der Waals surface area (Å²) in [4.78, 5) is 1.45. The minimum atomic E-state index is -0.0190. The Labute approximate surface area is 88.8 Å². The molecule has 1 aliphatic heterocycles. The van der Waals surface area contributed by atoms with Gasteiger partial charge in [-0.3, -0.25) is 0 Å². The van der Waals surface area contributed by atoms with Crippen molar-refractivity contribution in [3.8, 4) is 0 Å². The van der Waals surface area contributed by atoms with Gasteiger partial charge < -0.3 is 10.5 Å². The minimum Gasteiger partial charge on any atom is -0.377 e. The van der Waals surface area contributed by atoms with Gasteiger partial charge in [-0.1, -0.05) is 0 Å². The number of hydrogen-bond acceptors (Lipinski definition) is 5. The average molecular weight is 211 g/mol. The summed E-state index contributed by atoms with van der Waals surface area (Å²) in [5.74, 6) is 0.694. The van der Waals surface area contributed by atoms with E-state index in [0.29, 0.717) is 12.2 Å². The van der Waals surface area contributed by atoms with Gasteiger partial charge in [0.1, 0.15) is 0 Å². The Bertz CT molecular complexity index is 307. The van der Waals surface area contributed by atoms with Crippen molar-refractivity contribution >= 4 is 0 Å². The zero-order chi connectivity index (χ0) is 10.7. The summed E-state index contributed by atoms with van der Waals surface area (Å²) in [5, 5.41) is 11.8. The highest BCUT2D eigenvalue weighted by atomic mass is 16.5. The van der Waals surface area contributed by atoms with Crippen LogP contribution in [0.5, 0.6) is 0 Å². The van der Waals surface area contributed by atoms with Crippen LogP contribution in [0.25, 0.3) is 0 Å². The van der Waals surface area contributed by atoms with Crippen LogP contribution in [-0.2, 0) is 18.2 Å². The Morgan fingerprint density at radius 2 is 2.47 bits per heavy atom.